The third-order valence-electron chi connectivity index (χ3n) is 3.32. The number of hydrogen-bond acceptors (Lipinski definition) is 3. The number of carbonyl (C=O) groups is 2. The summed E-state index contributed by atoms with van der Waals surface area (Å²) >= 11 is 0. The Morgan fingerprint density at radius 3 is 2.90 bits per heavy atom. The first kappa shape index (κ1) is 14.6. The maximum absolute atomic E-state index is 12.2. The highest BCUT2D eigenvalue weighted by Crippen LogP contribution is 2.28. The first-order chi connectivity index (χ1) is 9.58. The first-order valence-corrected chi connectivity index (χ1v) is 6.78. The number of hydrogen-bond donors (Lipinski definition) is 1. The molecule has 0 spiro atoms. The number of carbonyl (C=O) groups excluding carboxylic acids is 1. The molecule has 1 N–H and O–H groups in total. The van der Waals surface area contributed by atoms with Gasteiger partial charge in [-0.05, 0) is 30.9 Å². The van der Waals surface area contributed by atoms with E-state index in [0.29, 0.717) is 24.8 Å². The maximum Gasteiger partial charge on any atom is 0.323 e. The van der Waals surface area contributed by atoms with Crippen molar-refractivity contribution in [3.63, 3.8) is 0 Å². The molecule has 0 radical (unpaired) electrons. The molecular formula is C14H20N2O4. The topological polar surface area (TPSA) is 71.8 Å². The van der Waals surface area contributed by atoms with E-state index in [9.17, 15) is 9.59 Å². The highest BCUT2D eigenvalue weighted by Gasteiger charge is 2.21. The molecule has 0 atom stereocenters. The summed E-state index contributed by atoms with van der Waals surface area (Å²) < 4.78 is 6.93. The summed E-state index contributed by atoms with van der Waals surface area (Å²) in [7, 11) is 1.70. The summed E-state index contributed by atoms with van der Waals surface area (Å²) in [4.78, 5) is 24.5. The summed E-state index contributed by atoms with van der Waals surface area (Å²) in [6, 6.07) is 3.31. The van der Waals surface area contributed by atoms with Gasteiger partial charge in [-0.25, -0.2) is 0 Å². The van der Waals surface area contributed by atoms with Gasteiger partial charge in [-0.2, -0.15) is 0 Å². The maximum atomic E-state index is 12.2. The van der Waals surface area contributed by atoms with Crippen molar-refractivity contribution in [2.75, 3.05) is 26.8 Å². The standard InChI is InChI=1S/C14H20N2O4/c1-15(7-8-20-10-11-4-5-11)14(19)12-3-2-6-16(12)9-13(17)18/h2-3,6,11H,4-5,7-10H2,1H3,(H,17,18). The Morgan fingerprint density at radius 1 is 1.50 bits per heavy atom. The van der Waals surface area contributed by atoms with Crippen LogP contribution >= 0.6 is 0 Å². The van der Waals surface area contributed by atoms with Crippen LogP contribution in [0.5, 0.6) is 0 Å². The summed E-state index contributed by atoms with van der Waals surface area (Å²) in [5, 5.41) is 8.80. The monoisotopic (exact) mass is 280 g/mol. The molecule has 1 aliphatic rings. The largest absolute Gasteiger partial charge is 0.480 e. The van der Waals surface area contributed by atoms with E-state index in [-0.39, 0.29) is 12.5 Å². The van der Waals surface area contributed by atoms with E-state index in [1.807, 2.05) is 0 Å². The van der Waals surface area contributed by atoms with E-state index in [4.69, 9.17) is 9.84 Å². The normalized spacial score (nSPS) is 14.2. The van der Waals surface area contributed by atoms with E-state index in [2.05, 4.69) is 0 Å². The van der Waals surface area contributed by atoms with Gasteiger partial charge in [0.2, 0.25) is 0 Å². The van der Waals surface area contributed by atoms with Gasteiger partial charge in [0.15, 0.2) is 0 Å². The molecule has 1 saturated carbocycles. The first-order valence-electron chi connectivity index (χ1n) is 6.78. The van der Waals surface area contributed by atoms with Gasteiger partial charge in [-0.3, -0.25) is 9.59 Å². The van der Waals surface area contributed by atoms with Gasteiger partial charge in [-0.15, -0.1) is 0 Å². The lowest BCUT2D eigenvalue weighted by molar-refractivity contribution is -0.137. The smallest absolute Gasteiger partial charge is 0.323 e. The number of nitrogens with zero attached hydrogens (tertiary/aromatic N) is 2. The predicted molar refractivity (Wildman–Crippen MR) is 72.6 cm³/mol. The van der Waals surface area contributed by atoms with Crippen LogP contribution < -0.4 is 0 Å². The number of rotatable bonds is 8. The molecule has 0 aromatic carbocycles. The second-order valence-corrected chi connectivity index (χ2v) is 5.16. The number of carboxylic acids is 1. The molecule has 0 saturated heterocycles. The average molecular weight is 280 g/mol. The highest BCUT2D eigenvalue weighted by atomic mass is 16.5. The third kappa shape index (κ3) is 4.09. The lowest BCUT2D eigenvalue weighted by Gasteiger charge is -2.18. The van der Waals surface area contributed by atoms with Gasteiger partial charge in [0.25, 0.3) is 5.91 Å². The molecular weight excluding hydrogens is 260 g/mol. The molecule has 6 nitrogen and oxygen atoms in total. The Morgan fingerprint density at radius 2 is 2.25 bits per heavy atom. The van der Waals surface area contributed by atoms with Crippen molar-refractivity contribution in [2.24, 2.45) is 5.92 Å². The van der Waals surface area contributed by atoms with Crippen molar-refractivity contribution in [3.05, 3.63) is 24.0 Å². The summed E-state index contributed by atoms with van der Waals surface area (Å²) in [6.07, 6.45) is 4.09. The van der Waals surface area contributed by atoms with Crippen LogP contribution in [0.3, 0.4) is 0 Å². The predicted octanol–water partition coefficient (Wildman–Crippen LogP) is 1.07. The van der Waals surface area contributed by atoms with E-state index >= 15 is 0 Å². The van der Waals surface area contributed by atoms with Crippen LogP contribution in [0.1, 0.15) is 23.3 Å². The second-order valence-electron chi connectivity index (χ2n) is 5.16. The third-order valence-corrected chi connectivity index (χ3v) is 3.32. The molecule has 1 aromatic heterocycles. The van der Waals surface area contributed by atoms with Gasteiger partial charge in [0.1, 0.15) is 12.2 Å². The summed E-state index contributed by atoms with van der Waals surface area (Å²) in [6.45, 7) is 1.58. The molecule has 0 unspecified atom stereocenters. The Kier molecular flexibility index (Phi) is 4.79. The van der Waals surface area contributed by atoms with E-state index in [1.54, 1.807) is 30.3 Å². The van der Waals surface area contributed by atoms with Crippen LogP contribution in [-0.2, 0) is 16.1 Å². The van der Waals surface area contributed by atoms with E-state index < -0.39 is 5.97 Å². The molecule has 1 aromatic rings. The fraction of sp³-hybridized carbons (Fsp3) is 0.571. The number of likely N-dealkylation sites (N-methyl/N-ethyl adjacent to an activating group) is 1. The number of carboxylic acid groups (broad SMARTS) is 1. The van der Waals surface area contributed by atoms with Crippen molar-refractivity contribution in [3.8, 4) is 0 Å². The van der Waals surface area contributed by atoms with Crippen molar-refractivity contribution < 1.29 is 19.4 Å². The van der Waals surface area contributed by atoms with Crippen molar-refractivity contribution in [1.29, 1.82) is 0 Å². The zero-order valence-corrected chi connectivity index (χ0v) is 11.6. The second kappa shape index (κ2) is 6.56. The van der Waals surface area contributed by atoms with Gasteiger partial charge >= 0.3 is 5.97 Å². The Balaban J connectivity index is 1.82. The Labute approximate surface area is 117 Å². The fourth-order valence-corrected chi connectivity index (χ4v) is 1.92. The minimum Gasteiger partial charge on any atom is -0.480 e. The molecule has 1 fully saturated rings. The van der Waals surface area contributed by atoms with Gasteiger partial charge < -0.3 is 19.3 Å². The lowest BCUT2D eigenvalue weighted by Crippen LogP contribution is -2.32. The molecule has 1 heterocycles. The SMILES string of the molecule is CN(CCOCC1CC1)C(=O)c1cccn1CC(=O)O. The number of ether oxygens (including phenoxy) is 1. The van der Waals surface area contributed by atoms with Crippen LogP contribution in [0.4, 0.5) is 0 Å². The molecule has 110 valence electrons. The van der Waals surface area contributed by atoms with E-state index in [1.165, 1.54) is 17.4 Å². The van der Waals surface area contributed by atoms with Crippen LogP contribution in [0.2, 0.25) is 0 Å². The Hall–Kier alpha value is -1.82. The minimum atomic E-state index is -0.967. The van der Waals surface area contributed by atoms with Gasteiger partial charge in [0, 0.05) is 26.4 Å². The minimum absolute atomic E-state index is 0.189. The zero-order valence-electron chi connectivity index (χ0n) is 11.6. The van der Waals surface area contributed by atoms with Crippen LogP contribution in [0, 0.1) is 5.92 Å². The number of amides is 1. The number of aliphatic carboxylic acids is 1. The molecule has 2 rings (SSSR count). The van der Waals surface area contributed by atoms with Crippen molar-refractivity contribution in [1.82, 2.24) is 9.47 Å². The van der Waals surface area contributed by atoms with Crippen molar-refractivity contribution in [2.45, 2.75) is 19.4 Å². The lowest BCUT2D eigenvalue weighted by atomic mass is 10.3. The van der Waals surface area contributed by atoms with Crippen LogP contribution in [-0.4, -0.2) is 53.3 Å². The van der Waals surface area contributed by atoms with Gasteiger partial charge in [-0.1, -0.05) is 0 Å². The fourth-order valence-electron chi connectivity index (χ4n) is 1.92. The van der Waals surface area contributed by atoms with Crippen LogP contribution in [0.15, 0.2) is 18.3 Å². The van der Waals surface area contributed by atoms with Crippen molar-refractivity contribution >= 4 is 11.9 Å². The zero-order chi connectivity index (χ0) is 14.5. The molecule has 0 aliphatic heterocycles. The number of aromatic nitrogens is 1. The molecule has 6 heteroatoms. The van der Waals surface area contributed by atoms with Gasteiger partial charge in [0.05, 0.1) is 6.61 Å². The Bertz CT molecular complexity index is 479. The molecule has 20 heavy (non-hydrogen) atoms. The quantitative estimate of drug-likeness (QED) is 0.723. The van der Waals surface area contributed by atoms with E-state index in [0.717, 1.165) is 6.61 Å². The average Bonchev–Trinajstić information content (AvgIpc) is 3.12. The summed E-state index contributed by atoms with van der Waals surface area (Å²) in [5.74, 6) is -0.444. The summed E-state index contributed by atoms with van der Waals surface area (Å²) in [5.41, 5.74) is 0.386. The molecule has 1 aliphatic carbocycles. The van der Waals surface area contributed by atoms with Crippen LogP contribution in [0.25, 0.3) is 0 Å². The molecule has 0 bridgehead atoms. The molecule has 1 amide bonds. The highest BCUT2D eigenvalue weighted by molar-refractivity contribution is 5.93.